The molecule has 0 radical (unpaired) electrons. The molecular formula is C21H29NO. The summed E-state index contributed by atoms with van der Waals surface area (Å²) in [5, 5.41) is 9.81. The Balaban J connectivity index is 1.70. The van der Waals surface area contributed by atoms with E-state index in [0.29, 0.717) is 23.5 Å². The van der Waals surface area contributed by atoms with Gasteiger partial charge in [0.15, 0.2) is 5.78 Å². The van der Waals surface area contributed by atoms with Gasteiger partial charge in [-0.3, -0.25) is 4.79 Å². The second-order valence-corrected chi connectivity index (χ2v) is 9.30. The van der Waals surface area contributed by atoms with E-state index in [-0.39, 0.29) is 10.8 Å². The van der Waals surface area contributed by atoms with Crippen LogP contribution in [0.2, 0.25) is 0 Å². The molecule has 0 spiro atoms. The van der Waals surface area contributed by atoms with Gasteiger partial charge in [-0.05, 0) is 86.5 Å². The third kappa shape index (κ3) is 1.95. The van der Waals surface area contributed by atoms with Crippen molar-refractivity contribution in [1.29, 1.82) is 5.26 Å². The fourth-order valence-corrected chi connectivity index (χ4v) is 7.04. The Morgan fingerprint density at radius 1 is 1.22 bits per heavy atom. The van der Waals surface area contributed by atoms with Crippen molar-refractivity contribution >= 4 is 5.78 Å². The molecule has 7 atom stereocenters. The minimum absolute atomic E-state index is 0.138. The minimum Gasteiger partial charge on any atom is -0.295 e. The third-order valence-corrected chi connectivity index (χ3v) is 8.49. The van der Waals surface area contributed by atoms with Gasteiger partial charge in [-0.1, -0.05) is 19.4 Å². The summed E-state index contributed by atoms with van der Waals surface area (Å²) < 4.78 is 0. The van der Waals surface area contributed by atoms with E-state index in [1.807, 2.05) is 6.08 Å². The molecule has 2 nitrogen and oxygen atoms in total. The number of fused-ring (bicyclic) bond motifs is 5. The molecule has 4 aliphatic rings. The molecule has 0 N–H and O–H groups in total. The monoisotopic (exact) mass is 311 g/mol. The van der Waals surface area contributed by atoms with Gasteiger partial charge in [0.2, 0.25) is 0 Å². The highest BCUT2D eigenvalue weighted by Gasteiger charge is 2.62. The van der Waals surface area contributed by atoms with Crippen molar-refractivity contribution in [1.82, 2.24) is 0 Å². The molecule has 0 aliphatic heterocycles. The van der Waals surface area contributed by atoms with Gasteiger partial charge in [-0.2, -0.15) is 5.26 Å². The predicted octanol–water partition coefficient (Wildman–Crippen LogP) is 4.90. The zero-order chi connectivity index (χ0) is 16.4. The predicted molar refractivity (Wildman–Crippen MR) is 90.4 cm³/mol. The summed E-state index contributed by atoms with van der Waals surface area (Å²) in [6.45, 7) is 7.03. The SMILES string of the molecule is CC1CC2=CC(=O)CC[C@@H]2[C@H]2CC[C@@]3(C)[C@@H](CC[C@]3(C)C#N)[C@H]12. The first-order valence-corrected chi connectivity index (χ1v) is 9.54. The van der Waals surface area contributed by atoms with Gasteiger partial charge in [-0.15, -0.1) is 0 Å². The van der Waals surface area contributed by atoms with Crippen LogP contribution in [0.1, 0.15) is 65.7 Å². The second-order valence-electron chi connectivity index (χ2n) is 9.30. The van der Waals surface area contributed by atoms with Crippen LogP contribution in [-0.2, 0) is 4.79 Å². The standard InChI is InChI=1S/C21H29NO/c1-13-10-14-11-15(23)4-5-16(14)17-6-9-21(3)18(19(13)17)7-8-20(21,2)12-22/h11,13,16-19H,4-10H2,1-3H3/t13?,16-,17+,18-,19+,20+,21-/m0/s1. The zero-order valence-electron chi connectivity index (χ0n) is 14.8. The lowest BCUT2D eigenvalue weighted by atomic mass is 9.47. The van der Waals surface area contributed by atoms with Crippen LogP contribution in [-0.4, -0.2) is 5.78 Å². The molecule has 0 amide bonds. The van der Waals surface area contributed by atoms with E-state index >= 15 is 0 Å². The summed E-state index contributed by atoms with van der Waals surface area (Å²) in [6, 6.07) is 2.70. The van der Waals surface area contributed by atoms with Crippen LogP contribution in [0, 0.1) is 51.8 Å². The number of hydrogen-bond acceptors (Lipinski definition) is 2. The van der Waals surface area contributed by atoms with Crippen LogP contribution < -0.4 is 0 Å². The van der Waals surface area contributed by atoms with Gasteiger partial charge < -0.3 is 0 Å². The summed E-state index contributed by atoms with van der Waals surface area (Å²) in [5.41, 5.74) is 1.52. The quantitative estimate of drug-likeness (QED) is 0.638. The molecule has 0 heterocycles. The lowest BCUT2D eigenvalue weighted by molar-refractivity contribution is -0.116. The highest BCUT2D eigenvalue weighted by molar-refractivity contribution is 5.91. The molecular weight excluding hydrogens is 282 g/mol. The summed E-state index contributed by atoms with van der Waals surface area (Å²) in [6.07, 6.45) is 9.71. The largest absolute Gasteiger partial charge is 0.295 e. The van der Waals surface area contributed by atoms with Gasteiger partial charge >= 0.3 is 0 Å². The lowest BCUT2D eigenvalue weighted by Crippen LogP contribution is -2.51. The van der Waals surface area contributed by atoms with E-state index in [4.69, 9.17) is 0 Å². The maximum Gasteiger partial charge on any atom is 0.155 e. The summed E-state index contributed by atoms with van der Waals surface area (Å²) in [7, 11) is 0. The van der Waals surface area contributed by atoms with Crippen LogP contribution in [0.25, 0.3) is 0 Å². The van der Waals surface area contributed by atoms with Gasteiger partial charge in [0.05, 0.1) is 11.5 Å². The van der Waals surface area contributed by atoms with E-state index in [0.717, 1.165) is 37.5 Å². The Bertz CT molecular complexity index is 614. The normalized spacial score (nSPS) is 52.0. The Kier molecular flexibility index (Phi) is 3.32. The molecule has 1 unspecified atom stereocenters. The van der Waals surface area contributed by atoms with E-state index in [2.05, 4.69) is 26.8 Å². The van der Waals surface area contributed by atoms with Crippen molar-refractivity contribution in [2.24, 2.45) is 40.4 Å². The topological polar surface area (TPSA) is 40.9 Å². The fraction of sp³-hybridized carbons (Fsp3) is 0.810. The molecule has 3 saturated carbocycles. The number of carbonyl (C=O) groups excluding carboxylic acids is 1. The van der Waals surface area contributed by atoms with Crippen LogP contribution in [0.15, 0.2) is 11.6 Å². The number of rotatable bonds is 0. The van der Waals surface area contributed by atoms with E-state index in [9.17, 15) is 10.1 Å². The molecule has 0 aromatic rings. The van der Waals surface area contributed by atoms with Crippen LogP contribution >= 0.6 is 0 Å². The third-order valence-electron chi connectivity index (χ3n) is 8.49. The number of allylic oxidation sites excluding steroid dienone is 1. The summed E-state index contributed by atoms with van der Waals surface area (Å²) in [4.78, 5) is 11.8. The summed E-state index contributed by atoms with van der Waals surface area (Å²) in [5.74, 6) is 3.91. The lowest BCUT2D eigenvalue weighted by Gasteiger charge is -2.57. The first-order valence-electron chi connectivity index (χ1n) is 9.54. The number of ketones is 1. The molecule has 4 rings (SSSR count). The maximum absolute atomic E-state index is 11.8. The number of nitrogens with zero attached hydrogens (tertiary/aromatic N) is 1. The highest BCUT2D eigenvalue weighted by Crippen LogP contribution is 2.68. The fourth-order valence-electron chi connectivity index (χ4n) is 7.04. The van der Waals surface area contributed by atoms with Crippen molar-refractivity contribution in [3.8, 4) is 6.07 Å². The molecule has 0 aromatic heterocycles. The van der Waals surface area contributed by atoms with Gasteiger partial charge in [0.25, 0.3) is 0 Å². The average molecular weight is 311 g/mol. The molecule has 3 fully saturated rings. The zero-order valence-corrected chi connectivity index (χ0v) is 14.8. The van der Waals surface area contributed by atoms with E-state index in [1.54, 1.807) is 0 Å². The maximum atomic E-state index is 11.8. The second kappa shape index (κ2) is 4.95. The van der Waals surface area contributed by atoms with Gasteiger partial charge in [-0.25, -0.2) is 0 Å². The Morgan fingerprint density at radius 3 is 2.74 bits per heavy atom. The van der Waals surface area contributed by atoms with Crippen LogP contribution in [0.5, 0.6) is 0 Å². The van der Waals surface area contributed by atoms with E-state index < -0.39 is 0 Å². The molecule has 124 valence electrons. The number of hydrogen-bond donors (Lipinski definition) is 0. The van der Waals surface area contributed by atoms with Crippen molar-refractivity contribution < 1.29 is 4.79 Å². The molecule has 0 bridgehead atoms. The summed E-state index contributed by atoms with van der Waals surface area (Å²) >= 11 is 0. The van der Waals surface area contributed by atoms with Crippen LogP contribution in [0.3, 0.4) is 0 Å². The molecule has 2 heteroatoms. The van der Waals surface area contributed by atoms with Crippen molar-refractivity contribution in [2.45, 2.75) is 65.7 Å². The molecule has 23 heavy (non-hydrogen) atoms. The minimum atomic E-state index is -0.138. The van der Waals surface area contributed by atoms with Crippen molar-refractivity contribution in [3.63, 3.8) is 0 Å². The molecule has 0 aromatic carbocycles. The van der Waals surface area contributed by atoms with Crippen molar-refractivity contribution in [2.75, 3.05) is 0 Å². The number of nitriles is 1. The Hall–Kier alpha value is -1.10. The first-order chi connectivity index (χ1) is 10.9. The van der Waals surface area contributed by atoms with Crippen LogP contribution in [0.4, 0.5) is 0 Å². The Labute approximate surface area is 140 Å². The number of carbonyl (C=O) groups is 1. The smallest absolute Gasteiger partial charge is 0.155 e. The molecule has 4 aliphatic carbocycles. The van der Waals surface area contributed by atoms with Crippen molar-refractivity contribution in [3.05, 3.63) is 11.6 Å². The molecule has 0 saturated heterocycles. The van der Waals surface area contributed by atoms with Gasteiger partial charge in [0.1, 0.15) is 0 Å². The van der Waals surface area contributed by atoms with E-state index in [1.165, 1.54) is 24.8 Å². The Morgan fingerprint density at radius 2 is 2.00 bits per heavy atom. The first kappa shape index (κ1) is 15.4. The van der Waals surface area contributed by atoms with Gasteiger partial charge in [0, 0.05) is 6.42 Å². The average Bonchev–Trinajstić information content (AvgIpc) is 2.79. The highest BCUT2D eigenvalue weighted by atomic mass is 16.1.